The van der Waals surface area contributed by atoms with E-state index in [1.54, 1.807) is 0 Å². The molecule has 0 aliphatic heterocycles. The molecule has 2 rings (SSSR count). The molecule has 2 unspecified atom stereocenters. The van der Waals surface area contributed by atoms with Crippen LogP contribution >= 0.6 is 0 Å². The fourth-order valence-electron chi connectivity index (χ4n) is 3.17. The zero-order valence-electron chi connectivity index (χ0n) is 11.7. The van der Waals surface area contributed by atoms with Gasteiger partial charge in [-0.05, 0) is 31.4 Å². The highest BCUT2D eigenvalue weighted by molar-refractivity contribution is 5.48. The minimum atomic E-state index is -4.13. The van der Waals surface area contributed by atoms with Crippen LogP contribution in [0.1, 0.15) is 25.7 Å². The number of anilines is 1. The number of para-hydroxylation sites is 1. The number of nitrogens with two attached hydrogens (primary N) is 1. The van der Waals surface area contributed by atoms with Crippen molar-refractivity contribution in [3.05, 3.63) is 30.3 Å². The number of halogens is 3. The van der Waals surface area contributed by atoms with E-state index in [9.17, 15) is 13.2 Å². The molecule has 1 fully saturated rings. The molecule has 0 heterocycles. The number of rotatable bonds is 3. The van der Waals surface area contributed by atoms with Gasteiger partial charge < -0.3 is 10.6 Å². The number of likely N-dealkylation sites (N-methyl/N-ethyl adjacent to an activating group) is 1. The van der Waals surface area contributed by atoms with Gasteiger partial charge in [-0.1, -0.05) is 24.6 Å². The van der Waals surface area contributed by atoms with E-state index in [1.807, 2.05) is 42.3 Å². The highest BCUT2D eigenvalue weighted by Crippen LogP contribution is 2.44. The van der Waals surface area contributed by atoms with Crippen molar-refractivity contribution in [3.63, 3.8) is 0 Å². The van der Waals surface area contributed by atoms with Crippen LogP contribution in [0.15, 0.2) is 30.3 Å². The van der Waals surface area contributed by atoms with Gasteiger partial charge in [0.2, 0.25) is 0 Å². The van der Waals surface area contributed by atoms with Gasteiger partial charge in [-0.2, -0.15) is 13.2 Å². The van der Waals surface area contributed by atoms with Crippen molar-refractivity contribution in [1.29, 1.82) is 0 Å². The van der Waals surface area contributed by atoms with Crippen molar-refractivity contribution >= 4 is 5.69 Å². The summed E-state index contributed by atoms with van der Waals surface area (Å²) in [5.41, 5.74) is 6.19. The summed E-state index contributed by atoms with van der Waals surface area (Å²) in [5, 5.41) is 0. The fraction of sp³-hybridized carbons (Fsp3) is 0.600. The third-order valence-corrected chi connectivity index (χ3v) is 4.52. The predicted molar refractivity (Wildman–Crippen MR) is 74.6 cm³/mol. The lowest BCUT2D eigenvalue weighted by atomic mass is 9.74. The molecule has 0 amide bonds. The summed E-state index contributed by atoms with van der Waals surface area (Å²) in [6, 6.07) is 9.50. The highest BCUT2D eigenvalue weighted by atomic mass is 19.4. The molecule has 2 nitrogen and oxygen atoms in total. The Labute approximate surface area is 117 Å². The summed E-state index contributed by atoms with van der Waals surface area (Å²) in [4.78, 5) is 1.94. The lowest BCUT2D eigenvalue weighted by molar-refractivity contribution is -0.186. The molecule has 0 aromatic heterocycles. The normalized spacial score (nSPS) is 27.4. The van der Waals surface area contributed by atoms with Crippen LogP contribution in [0.2, 0.25) is 0 Å². The quantitative estimate of drug-likeness (QED) is 0.920. The Morgan fingerprint density at radius 1 is 1.30 bits per heavy atom. The van der Waals surface area contributed by atoms with Crippen LogP contribution in [-0.2, 0) is 0 Å². The molecule has 1 aromatic rings. The lowest BCUT2D eigenvalue weighted by Crippen LogP contribution is -2.56. The van der Waals surface area contributed by atoms with Gasteiger partial charge in [-0.3, -0.25) is 0 Å². The molecule has 0 bridgehead atoms. The second kappa shape index (κ2) is 5.64. The molecule has 1 saturated carbocycles. The van der Waals surface area contributed by atoms with E-state index < -0.39 is 17.6 Å². The zero-order valence-corrected chi connectivity index (χ0v) is 11.7. The Kier molecular flexibility index (Phi) is 4.28. The first kappa shape index (κ1) is 15.2. The van der Waals surface area contributed by atoms with Crippen molar-refractivity contribution < 1.29 is 13.2 Å². The molecule has 5 heteroatoms. The molecular weight excluding hydrogens is 265 g/mol. The summed E-state index contributed by atoms with van der Waals surface area (Å²) < 4.78 is 39.1. The zero-order chi connectivity index (χ0) is 14.8. The molecule has 0 spiro atoms. The number of hydrogen-bond acceptors (Lipinski definition) is 2. The maximum absolute atomic E-state index is 13.0. The fourth-order valence-corrected chi connectivity index (χ4v) is 3.17. The molecule has 1 aromatic carbocycles. The second-order valence-electron chi connectivity index (χ2n) is 5.66. The summed E-state index contributed by atoms with van der Waals surface area (Å²) in [7, 11) is 1.85. The number of alkyl halides is 3. The maximum Gasteiger partial charge on any atom is 0.391 e. The van der Waals surface area contributed by atoms with Crippen LogP contribution in [0.4, 0.5) is 18.9 Å². The average molecular weight is 286 g/mol. The number of hydrogen-bond donors (Lipinski definition) is 1. The monoisotopic (exact) mass is 286 g/mol. The molecule has 20 heavy (non-hydrogen) atoms. The first-order valence-electron chi connectivity index (χ1n) is 6.95. The van der Waals surface area contributed by atoms with E-state index in [1.165, 1.54) is 0 Å². The van der Waals surface area contributed by atoms with Crippen molar-refractivity contribution in [1.82, 2.24) is 0 Å². The Hall–Kier alpha value is -1.23. The number of benzene rings is 1. The Bertz CT molecular complexity index is 432. The predicted octanol–water partition coefficient (Wildman–Crippen LogP) is 3.57. The van der Waals surface area contributed by atoms with Gasteiger partial charge in [0.15, 0.2) is 0 Å². The van der Waals surface area contributed by atoms with Crippen LogP contribution in [0.5, 0.6) is 0 Å². The molecule has 2 atom stereocenters. The van der Waals surface area contributed by atoms with E-state index in [2.05, 4.69) is 0 Å². The topological polar surface area (TPSA) is 29.3 Å². The van der Waals surface area contributed by atoms with Gasteiger partial charge >= 0.3 is 6.18 Å². The van der Waals surface area contributed by atoms with E-state index in [0.717, 1.165) is 5.69 Å². The Morgan fingerprint density at radius 2 is 1.95 bits per heavy atom. The molecule has 0 saturated heterocycles. The first-order valence-corrected chi connectivity index (χ1v) is 6.95. The maximum atomic E-state index is 13.0. The third kappa shape index (κ3) is 2.92. The van der Waals surface area contributed by atoms with Gasteiger partial charge in [0, 0.05) is 19.3 Å². The molecule has 1 aliphatic carbocycles. The molecule has 2 N–H and O–H groups in total. The molecular formula is C15H21F3N2. The lowest BCUT2D eigenvalue weighted by Gasteiger charge is -2.48. The van der Waals surface area contributed by atoms with Gasteiger partial charge in [0.05, 0.1) is 11.5 Å². The molecule has 0 radical (unpaired) electrons. The average Bonchev–Trinajstić information content (AvgIpc) is 2.46. The van der Waals surface area contributed by atoms with Crippen molar-refractivity contribution in [2.75, 3.05) is 18.5 Å². The largest absolute Gasteiger partial charge is 0.391 e. The SMILES string of the molecule is CN(c1ccccc1)C1(CN)CCCC(C(F)(F)F)C1. The van der Waals surface area contributed by atoms with Gasteiger partial charge in [-0.15, -0.1) is 0 Å². The van der Waals surface area contributed by atoms with Crippen LogP contribution in [0.3, 0.4) is 0 Å². The standard InChI is InChI=1S/C15H21F3N2/c1-20(13-7-3-2-4-8-13)14(11-19)9-5-6-12(10-14)15(16,17)18/h2-4,7-8,12H,5-6,9-11,19H2,1H3. The highest BCUT2D eigenvalue weighted by Gasteiger charge is 2.48. The molecule has 1 aliphatic rings. The van der Waals surface area contributed by atoms with Crippen molar-refractivity contribution in [2.45, 2.75) is 37.4 Å². The number of nitrogens with zero attached hydrogens (tertiary/aromatic N) is 1. The van der Waals surface area contributed by atoms with Gasteiger partial charge in [0.25, 0.3) is 0 Å². The van der Waals surface area contributed by atoms with Crippen molar-refractivity contribution in [3.8, 4) is 0 Å². The van der Waals surface area contributed by atoms with Crippen LogP contribution in [0, 0.1) is 5.92 Å². The summed E-state index contributed by atoms with van der Waals surface area (Å²) in [6.45, 7) is 0.241. The van der Waals surface area contributed by atoms with Crippen LogP contribution in [-0.4, -0.2) is 25.3 Å². The second-order valence-corrected chi connectivity index (χ2v) is 5.66. The van der Waals surface area contributed by atoms with E-state index in [4.69, 9.17) is 5.73 Å². The van der Waals surface area contributed by atoms with Crippen LogP contribution < -0.4 is 10.6 Å². The van der Waals surface area contributed by atoms with E-state index >= 15 is 0 Å². The minimum Gasteiger partial charge on any atom is -0.368 e. The minimum absolute atomic E-state index is 0.0817. The smallest absolute Gasteiger partial charge is 0.368 e. The Morgan fingerprint density at radius 3 is 2.50 bits per heavy atom. The first-order chi connectivity index (χ1) is 9.39. The Balaban J connectivity index is 2.25. The summed E-state index contributed by atoms with van der Waals surface area (Å²) in [6.07, 6.45) is -2.55. The van der Waals surface area contributed by atoms with Gasteiger partial charge in [-0.25, -0.2) is 0 Å². The van der Waals surface area contributed by atoms with Crippen molar-refractivity contribution in [2.24, 2.45) is 11.7 Å². The molecule has 112 valence electrons. The summed E-state index contributed by atoms with van der Waals surface area (Å²) >= 11 is 0. The summed E-state index contributed by atoms with van der Waals surface area (Å²) in [5.74, 6) is -1.24. The van der Waals surface area contributed by atoms with E-state index in [0.29, 0.717) is 12.8 Å². The van der Waals surface area contributed by atoms with Gasteiger partial charge in [0.1, 0.15) is 0 Å². The van der Waals surface area contributed by atoms with Crippen LogP contribution in [0.25, 0.3) is 0 Å². The third-order valence-electron chi connectivity index (χ3n) is 4.52. The van der Waals surface area contributed by atoms with E-state index in [-0.39, 0.29) is 19.4 Å².